The molecule has 3 nitrogen and oxygen atoms in total. The molecule has 0 saturated carbocycles. The Kier molecular flexibility index (Phi) is 4.31. The Bertz CT molecular complexity index is 457. The van der Waals surface area contributed by atoms with Crippen LogP contribution in [-0.2, 0) is 4.79 Å². The number of likely N-dealkylation sites (tertiary alicyclic amines) is 1. The maximum atomic E-state index is 11.8. The van der Waals surface area contributed by atoms with Gasteiger partial charge in [-0.2, -0.15) is 0 Å². The zero-order valence-corrected chi connectivity index (χ0v) is 12.8. The number of carbonyl (C=O) groups is 1. The van der Waals surface area contributed by atoms with Crippen molar-refractivity contribution in [2.24, 2.45) is 0 Å². The molecule has 1 saturated heterocycles. The number of hydrogen-bond donors (Lipinski definition) is 1. The lowest BCUT2D eigenvalue weighted by molar-refractivity contribution is -0.151. The highest BCUT2D eigenvalue weighted by Crippen LogP contribution is 2.41. The van der Waals surface area contributed by atoms with E-state index in [0.29, 0.717) is 0 Å². The monoisotopic (exact) mass is 281 g/mol. The van der Waals surface area contributed by atoms with Gasteiger partial charge in [0, 0.05) is 15.8 Å². The van der Waals surface area contributed by atoms with E-state index in [9.17, 15) is 9.90 Å². The molecule has 106 valence electrons. The third-order valence-corrected chi connectivity index (χ3v) is 5.41. The van der Waals surface area contributed by atoms with Crippen molar-refractivity contribution in [1.29, 1.82) is 0 Å². The van der Waals surface area contributed by atoms with Gasteiger partial charge in [-0.15, -0.1) is 11.3 Å². The highest BCUT2D eigenvalue weighted by Gasteiger charge is 2.48. The van der Waals surface area contributed by atoms with Gasteiger partial charge in [0.15, 0.2) is 0 Å². The average molecular weight is 281 g/mol. The third-order valence-electron chi connectivity index (χ3n) is 4.24. The lowest BCUT2D eigenvalue weighted by atomic mass is 9.89. The minimum absolute atomic E-state index is 0.198. The fourth-order valence-electron chi connectivity index (χ4n) is 3.31. The molecule has 1 aliphatic heterocycles. The van der Waals surface area contributed by atoms with E-state index >= 15 is 0 Å². The van der Waals surface area contributed by atoms with Crippen LogP contribution in [0.5, 0.6) is 0 Å². The molecule has 0 aromatic carbocycles. The van der Waals surface area contributed by atoms with Gasteiger partial charge >= 0.3 is 5.97 Å². The average Bonchev–Trinajstić information content (AvgIpc) is 2.96. The van der Waals surface area contributed by atoms with E-state index in [-0.39, 0.29) is 6.04 Å². The van der Waals surface area contributed by atoms with Crippen molar-refractivity contribution in [3.8, 4) is 0 Å². The van der Waals surface area contributed by atoms with E-state index in [0.717, 1.165) is 32.2 Å². The first-order valence-electron chi connectivity index (χ1n) is 7.07. The number of aliphatic carboxylic acids is 1. The Hall–Kier alpha value is -0.870. The van der Waals surface area contributed by atoms with Gasteiger partial charge in [0.1, 0.15) is 5.54 Å². The van der Waals surface area contributed by atoms with Crippen LogP contribution in [0.4, 0.5) is 0 Å². The van der Waals surface area contributed by atoms with Crippen LogP contribution in [-0.4, -0.2) is 28.1 Å². The second-order valence-electron chi connectivity index (χ2n) is 5.51. The van der Waals surface area contributed by atoms with Gasteiger partial charge in [-0.1, -0.05) is 13.3 Å². The van der Waals surface area contributed by atoms with Crippen molar-refractivity contribution in [2.75, 3.05) is 6.54 Å². The molecule has 2 rings (SSSR count). The highest BCUT2D eigenvalue weighted by molar-refractivity contribution is 7.12. The lowest BCUT2D eigenvalue weighted by Crippen LogP contribution is -2.51. The summed E-state index contributed by atoms with van der Waals surface area (Å²) in [6.07, 6.45) is 3.43. The zero-order chi connectivity index (χ0) is 14.0. The van der Waals surface area contributed by atoms with Crippen LogP contribution in [0, 0.1) is 6.92 Å². The molecule has 19 heavy (non-hydrogen) atoms. The largest absolute Gasteiger partial charge is 0.480 e. The Morgan fingerprint density at radius 2 is 2.32 bits per heavy atom. The van der Waals surface area contributed by atoms with Crippen LogP contribution in [0.1, 0.15) is 55.3 Å². The molecule has 0 bridgehead atoms. The van der Waals surface area contributed by atoms with Crippen molar-refractivity contribution in [2.45, 2.75) is 58.0 Å². The molecule has 0 aliphatic carbocycles. The van der Waals surface area contributed by atoms with E-state index < -0.39 is 11.5 Å². The van der Waals surface area contributed by atoms with Crippen molar-refractivity contribution in [3.63, 3.8) is 0 Å². The van der Waals surface area contributed by atoms with Crippen molar-refractivity contribution < 1.29 is 9.90 Å². The van der Waals surface area contributed by atoms with Gasteiger partial charge in [0.25, 0.3) is 0 Å². The van der Waals surface area contributed by atoms with Crippen LogP contribution < -0.4 is 0 Å². The predicted octanol–water partition coefficient (Wildman–Crippen LogP) is 3.84. The number of carboxylic acid groups (broad SMARTS) is 1. The Balaban J connectivity index is 2.28. The minimum atomic E-state index is -0.647. The minimum Gasteiger partial charge on any atom is -0.480 e. The van der Waals surface area contributed by atoms with Crippen molar-refractivity contribution in [1.82, 2.24) is 4.90 Å². The Morgan fingerprint density at radius 1 is 1.58 bits per heavy atom. The summed E-state index contributed by atoms with van der Waals surface area (Å²) in [4.78, 5) is 16.6. The molecule has 1 aromatic heterocycles. The molecule has 1 fully saturated rings. The summed E-state index contributed by atoms with van der Waals surface area (Å²) in [7, 11) is 0. The summed E-state index contributed by atoms with van der Waals surface area (Å²) in [5.41, 5.74) is -0.647. The smallest absolute Gasteiger partial charge is 0.324 e. The molecule has 2 unspecified atom stereocenters. The van der Waals surface area contributed by atoms with Gasteiger partial charge in [-0.25, -0.2) is 0 Å². The second kappa shape index (κ2) is 5.63. The number of aryl methyl sites for hydroxylation is 1. The normalized spacial score (nSPS) is 25.6. The first kappa shape index (κ1) is 14.5. The van der Waals surface area contributed by atoms with E-state index in [1.807, 2.05) is 0 Å². The van der Waals surface area contributed by atoms with Gasteiger partial charge in [0.05, 0.1) is 0 Å². The molecule has 1 aromatic rings. The number of nitrogens with zero attached hydrogens (tertiary/aromatic N) is 1. The first-order valence-corrected chi connectivity index (χ1v) is 7.89. The Morgan fingerprint density at radius 3 is 2.84 bits per heavy atom. The maximum Gasteiger partial charge on any atom is 0.324 e. The van der Waals surface area contributed by atoms with Gasteiger partial charge in [-0.3, -0.25) is 9.69 Å². The molecular formula is C15H23NO2S. The fraction of sp³-hybridized carbons (Fsp3) is 0.667. The quantitative estimate of drug-likeness (QED) is 0.891. The molecule has 2 heterocycles. The molecule has 1 aliphatic rings. The number of carboxylic acids is 1. The van der Waals surface area contributed by atoms with E-state index in [2.05, 4.69) is 37.8 Å². The number of rotatable bonds is 5. The molecule has 2 atom stereocenters. The molecule has 0 amide bonds. The van der Waals surface area contributed by atoms with Crippen molar-refractivity contribution in [3.05, 3.63) is 21.9 Å². The summed E-state index contributed by atoms with van der Waals surface area (Å²) < 4.78 is 0. The lowest BCUT2D eigenvalue weighted by Gasteiger charge is -2.38. The van der Waals surface area contributed by atoms with Crippen LogP contribution in [0.25, 0.3) is 0 Å². The predicted molar refractivity (Wildman–Crippen MR) is 78.7 cm³/mol. The van der Waals surface area contributed by atoms with E-state index in [1.54, 1.807) is 11.3 Å². The van der Waals surface area contributed by atoms with Gasteiger partial charge in [-0.05, 0) is 51.8 Å². The maximum absolute atomic E-state index is 11.8. The molecule has 0 radical (unpaired) electrons. The van der Waals surface area contributed by atoms with Crippen LogP contribution in [0.2, 0.25) is 0 Å². The summed E-state index contributed by atoms with van der Waals surface area (Å²) in [5.74, 6) is -0.646. The number of thiophene rings is 1. The molecule has 0 spiro atoms. The van der Waals surface area contributed by atoms with Crippen LogP contribution >= 0.6 is 11.3 Å². The highest BCUT2D eigenvalue weighted by atomic mass is 32.1. The Labute approximate surface area is 119 Å². The summed E-state index contributed by atoms with van der Waals surface area (Å²) in [6.45, 7) is 7.21. The topological polar surface area (TPSA) is 40.5 Å². The van der Waals surface area contributed by atoms with Crippen LogP contribution in [0.15, 0.2) is 12.1 Å². The van der Waals surface area contributed by atoms with Crippen molar-refractivity contribution >= 4 is 17.3 Å². The number of hydrogen-bond acceptors (Lipinski definition) is 3. The standard InChI is InChI=1S/C15H23NO2S/c1-4-8-15(14(17)18)9-5-10-16(15)12(3)13-7-6-11(2)19-13/h6-7,12H,4-5,8-10H2,1-3H3,(H,17,18). The summed E-state index contributed by atoms with van der Waals surface area (Å²) >= 11 is 1.78. The molecular weight excluding hydrogens is 258 g/mol. The van der Waals surface area contributed by atoms with Crippen LogP contribution in [0.3, 0.4) is 0 Å². The second-order valence-corrected chi connectivity index (χ2v) is 6.83. The SMILES string of the molecule is CCCC1(C(=O)O)CCCN1C(C)c1ccc(C)s1. The van der Waals surface area contributed by atoms with Gasteiger partial charge in [0.2, 0.25) is 0 Å². The fourth-order valence-corrected chi connectivity index (χ4v) is 4.26. The summed E-state index contributed by atoms with van der Waals surface area (Å²) in [6, 6.07) is 4.46. The van der Waals surface area contributed by atoms with E-state index in [4.69, 9.17) is 0 Å². The van der Waals surface area contributed by atoms with E-state index in [1.165, 1.54) is 9.75 Å². The zero-order valence-electron chi connectivity index (χ0n) is 12.0. The molecule has 1 N–H and O–H groups in total. The third kappa shape index (κ3) is 2.56. The van der Waals surface area contributed by atoms with Gasteiger partial charge < -0.3 is 5.11 Å². The molecule has 4 heteroatoms. The first-order chi connectivity index (χ1) is 9.01. The summed E-state index contributed by atoms with van der Waals surface area (Å²) in [5, 5.41) is 9.73.